The molecular weight excluding hydrogens is 318 g/mol. The van der Waals surface area contributed by atoms with E-state index in [2.05, 4.69) is 32.1 Å². The molecule has 0 unspecified atom stereocenters. The van der Waals surface area contributed by atoms with Crippen molar-refractivity contribution in [2.24, 2.45) is 0 Å². The van der Waals surface area contributed by atoms with E-state index >= 15 is 0 Å². The SMILES string of the molecule is COc1ccc(Cn2nc(C)c3cc(Br)cnc32)cc1. The summed E-state index contributed by atoms with van der Waals surface area (Å²) in [5, 5.41) is 5.65. The molecule has 0 N–H and O–H groups in total. The highest BCUT2D eigenvalue weighted by atomic mass is 79.9. The highest BCUT2D eigenvalue weighted by molar-refractivity contribution is 9.10. The number of aromatic nitrogens is 3. The monoisotopic (exact) mass is 331 g/mol. The molecule has 0 atom stereocenters. The smallest absolute Gasteiger partial charge is 0.158 e. The molecule has 102 valence electrons. The molecule has 5 heteroatoms. The first-order valence-corrected chi connectivity index (χ1v) is 7.08. The molecule has 20 heavy (non-hydrogen) atoms. The van der Waals surface area contributed by atoms with E-state index in [1.807, 2.05) is 35.9 Å². The molecule has 2 aromatic heterocycles. The summed E-state index contributed by atoms with van der Waals surface area (Å²) in [7, 11) is 1.67. The molecule has 1 aromatic carbocycles. The average Bonchev–Trinajstić information content (AvgIpc) is 2.76. The largest absolute Gasteiger partial charge is 0.497 e. The Hall–Kier alpha value is -1.88. The third-order valence-electron chi connectivity index (χ3n) is 3.23. The van der Waals surface area contributed by atoms with Crippen molar-refractivity contribution in [3.8, 4) is 5.75 Å². The van der Waals surface area contributed by atoms with E-state index in [9.17, 15) is 0 Å². The van der Waals surface area contributed by atoms with Gasteiger partial charge in [-0.2, -0.15) is 5.10 Å². The third-order valence-corrected chi connectivity index (χ3v) is 3.66. The zero-order valence-corrected chi connectivity index (χ0v) is 12.9. The second-order valence-corrected chi connectivity index (χ2v) is 5.53. The number of benzene rings is 1. The van der Waals surface area contributed by atoms with Gasteiger partial charge < -0.3 is 4.74 Å². The van der Waals surface area contributed by atoms with Crippen molar-refractivity contribution in [2.45, 2.75) is 13.5 Å². The van der Waals surface area contributed by atoms with Crippen LogP contribution in [0.3, 0.4) is 0 Å². The lowest BCUT2D eigenvalue weighted by atomic mass is 10.2. The van der Waals surface area contributed by atoms with Gasteiger partial charge in [0, 0.05) is 16.1 Å². The molecule has 0 fully saturated rings. The number of hydrogen-bond acceptors (Lipinski definition) is 3. The number of aryl methyl sites for hydroxylation is 1. The Morgan fingerprint density at radius 1 is 1.25 bits per heavy atom. The number of hydrogen-bond donors (Lipinski definition) is 0. The molecule has 3 rings (SSSR count). The van der Waals surface area contributed by atoms with Gasteiger partial charge in [0.2, 0.25) is 0 Å². The molecule has 0 bridgehead atoms. The second-order valence-electron chi connectivity index (χ2n) is 4.62. The summed E-state index contributed by atoms with van der Waals surface area (Å²) in [6.07, 6.45) is 1.80. The van der Waals surface area contributed by atoms with E-state index in [0.29, 0.717) is 6.54 Å². The van der Waals surface area contributed by atoms with E-state index in [0.717, 1.165) is 26.9 Å². The van der Waals surface area contributed by atoms with Crippen molar-refractivity contribution >= 4 is 27.0 Å². The van der Waals surface area contributed by atoms with E-state index in [1.54, 1.807) is 13.3 Å². The maximum Gasteiger partial charge on any atom is 0.158 e. The van der Waals surface area contributed by atoms with Crippen LogP contribution in [0.15, 0.2) is 41.0 Å². The van der Waals surface area contributed by atoms with Crippen molar-refractivity contribution in [2.75, 3.05) is 7.11 Å². The highest BCUT2D eigenvalue weighted by Gasteiger charge is 2.09. The summed E-state index contributed by atoms with van der Waals surface area (Å²) in [5.41, 5.74) is 3.06. The Labute approximate surface area is 125 Å². The molecule has 0 saturated carbocycles. The first-order chi connectivity index (χ1) is 9.67. The molecule has 4 nitrogen and oxygen atoms in total. The van der Waals surface area contributed by atoms with Gasteiger partial charge in [0.25, 0.3) is 0 Å². The van der Waals surface area contributed by atoms with Crippen LogP contribution in [0.2, 0.25) is 0 Å². The first-order valence-electron chi connectivity index (χ1n) is 6.29. The number of ether oxygens (including phenoxy) is 1. The summed E-state index contributed by atoms with van der Waals surface area (Å²) in [6, 6.07) is 10.0. The minimum atomic E-state index is 0.697. The Bertz CT molecular complexity index is 750. The lowest BCUT2D eigenvalue weighted by Crippen LogP contribution is -2.02. The Balaban J connectivity index is 1.97. The lowest BCUT2D eigenvalue weighted by Gasteiger charge is -2.05. The zero-order valence-electron chi connectivity index (χ0n) is 11.3. The van der Waals surface area contributed by atoms with Crippen LogP contribution in [0.1, 0.15) is 11.3 Å². The normalized spacial score (nSPS) is 10.9. The van der Waals surface area contributed by atoms with Crippen LogP contribution in [0, 0.1) is 6.92 Å². The molecule has 2 heterocycles. The minimum Gasteiger partial charge on any atom is -0.497 e. The van der Waals surface area contributed by atoms with Crippen LogP contribution in [0.5, 0.6) is 5.75 Å². The molecular formula is C15H14BrN3O. The fraction of sp³-hybridized carbons (Fsp3) is 0.200. The van der Waals surface area contributed by atoms with Gasteiger partial charge >= 0.3 is 0 Å². The second kappa shape index (κ2) is 5.25. The number of halogens is 1. The Morgan fingerprint density at radius 2 is 2.00 bits per heavy atom. The van der Waals surface area contributed by atoms with E-state index < -0.39 is 0 Å². The van der Waals surface area contributed by atoms with Gasteiger partial charge in [0.1, 0.15) is 5.75 Å². The van der Waals surface area contributed by atoms with E-state index in [-0.39, 0.29) is 0 Å². The highest BCUT2D eigenvalue weighted by Crippen LogP contribution is 2.21. The van der Waals surface area contributed by atoms with Crippen LogP contribution in [0.4, 0.5) is 0 Å². The predicted octanol–water partition coefficient (Wildman–Crippen LogP) is 3.56. The standard InChI is InChI=1S/C15H14BrN3O/c1-10-14-7-12(16)8-17-15(14)19(18-10)9-11-3-5-13(20-2)6-4-11/h3-8H,9H2,1-2H3. The van der Waals surface area contributed by atoms with Crippen molar-refractivity contribution < 1.29 is 4.74 Å². The lowest BCUT2D eigenvalue weighted by molar-refractivity contribution is 0.414. The van der Waals surface area contributed by atoms with Crippen molar-refractivity contribution in [1.29, 1.82) is 0 Å². The van der Waals surface area contributed by atoms with Crippen molar-refractivity contribution in [1.82, 2.24) is 14.8 Å². The molecule has 0 radical (unpaired) electrons. The van der Waals surface area contributed by atoms with Crippen LogP contribution in [-0.2, 0) is 6.54 Å². The van der Waals surface area contributed by atoms with Crippen molar-refractivity contribution in [3.05, 3.63) is 52.3 Å². The summed E-state index contributed by atoms with van der Waals surface area (Å²) in [6.45, 7) is 2.70. The average molecular weight is 332 g/mol. The zero-order chi connectivity index (χ0) is 14.1. The number of rotatable bonds is 3. The van der Waals surface area contributed by atoms with Crippen LogP contribution >= 0.6 is 15.9 Å². The maximum absolute atomic E-state index is 5.17. The molecule has 0 spiro atoms. The van der Waals surface area contributed by atoms with Gasteiger partial charge in [-0.05, 0) is 46.6 Å². The van der Waals surface area contributed by atoms with E-state index in [1.165, 1.54) is 5.56 Å². The minimum absolute atomic E-state index is 0.697. The molecule has 0 aliphatic carbocycles. The summed E-state index contributed by atoms with van der Waals surface area (Å²) in [5.74, 6) is 0.859. The van der Waals surface area contributed by atoms with Gasteiger partial charge in [-0.3, -0.25) is 0 Å². The first kappa shape index (κ1) is 13.1. The summed E-state index contributed by atoms with van der Waals surface area (Å²) in [4.78, 5) is 4.46. The van der Waals surface area contributed by atoms with Crippen LogP contribution in [0.25, 0.3) is 11.0 Å². The van der Waals surface area contributed by atoms with Gasteiger partial charge in [-0.25, -0.2) is 9.67 Å². The van der Waals surface area contributed by atoms with Gasteiger partial charge in [0.15, 0.2) is 5.65 Å². The Morgan fingerprint density at radius 3 is 2.70 bits per heavy atom. The summed E-state index contributed by atoms with van der Waals surface area (Å²) >= 11 is 3.45. The van der Waals surface area contributed by atoms with Crippen LogP contribution in [-0.4, -0.2) is 21.9 Å². The van der Waals surface area contributed by atoms with Gasteiger partial charge in [-0.15, -0.1) is 0 Å². The van der Waals surface area contributed by atoms with Crippen LogP contribution < -0.4 is 4.74 Å². The molecule has 0 aliphatic heterocycles. The fourth-order valence-corrected chi connectivity index (χ4v) is 2.53. The van der Waals surface area contributed by atoms with Gasteiger partial charge in [-0.1, -0.05) is 12.1 Å². The van der Waals surface area contributed by atoms with Crippen molar-refractivity contribution in [3.63, 3.8) is 0 Å². The summed E-state index contributed by atoms with van der Waals surface area (Å²) < 4.78 is 8.07. The van der Waals surface area contributed by atoms with Gasteiger partial charge in [0.05, 0.1) is 19.3 Å². The molecule has 0 saturated heterocycles. The Kier molecular flexibility index (Phi) is 3.44. The number of nitrogens with zero attached hydrogens (tertiary/aromatic N) is 3. The number of methoxy groups -OCH3 is 1. The molecule has 3 aromatic rings. The molecule has 0 aliphatic rings. The quantitative estimate of drug-likeness (QED) is 0.736. The fourth-order valence-electron chi connectivity index (χ4n) is 2.20. The topological polar surface area (TPSA) is 39.9 Å². The number of pyridine rings is 1. The number of fused-ring (bicyclic) bond motifs is 1. The third kappa shape index (κ3) is 2.41. The maximum atomic E-state index is 5.17. The molecule has 0 amide bonds. The van der Waals surface area contributed by atoms with E-state index in [4.69, 9.17) is 4.74 Å². The predicted molar refractivity (Wildman–Crippen MR) is 82.1 cm³/mol.